The van der Waals surface area contributed by atoms with Crippen molar-refractivity contribution in [1.29, 1.82) is 0 Å². The molecule has 2 nitrogen and oxygen atoms in total. The smallest absolute Gasteiger partial charge is 0.145 e. The summed E-state index contributed by atoms with van der Waals surface area (Å²) in [7, 11) is 0. The van der Waals surface area contributed by atoms with Crippen molar-refractivity contribution in [2.75, 3.05) is 0 Å². The van der Waals surface area contributed by atoms with Gasteiger partial charge < -0.3 is 0 Å². The van der Waals surface area contributed by atoms with Gasteiger partial charge in [-0.25, -0.2) is 4.98 Å². The third-order valence-corrected chi connectivity index (χ3v) is 12.6. The minimum Gasteiger partial charge on any atom is -0.292 e. The summed E-state index contributed by atoms with van der Waals surface area (Å²) in [6.07, 6.45) is 24.9. The molecule has 0 radical (unpaired) electrons. The van der Waals surface area contributed by atoms with E-state index in [2.05, 4.69) is 211 Å². The highest BCUT2D eigenvalue weighted by atomic mass is 15.1. The number of benzene rings is 7. The highest BCUT2D eigenvalue weighted by Crippen LogP contribution is 2.49. The maximum Gasteiger partial charge on any atom is 0.145 e. The second kappa shape index (κ2) is 15.0. The highest BCUT2D eigenvalue weighted by Gasteiger charge is 2.27. The molecule has 2 atom stereocenters. The Bertz CT molecular complexity index is 3090. The van der Waals surface area contributed by atoms with E-state index in [0.29, 0.717) is 0 Å². The van der Waals surface area contributed by atoms with Crippen molar-refractivity contribution >= 4 is 49.3 Å². The molecule has 2 heteroatoms. The molecule has 3 aliphatic carbocycles. The Morgan fingerprint density at radius 1 is 0.593 bits per heavy atom. The van der Waals surface area contributed by atoms with Gasteiger partial charge in [-0.1, -0.05) is 182 Å². The number of para-hydroxylation sites is 3. The second-order valence-electron chi connectivity index (χ2n) is 16.0. The molecule has 1 aromatic heterocycles. The van der Waals surface area contributed by atoms with Crippen LogP contribution < -0.4 is 0 Å². The molecule has 0 fully saturated rings. The molecule has 0 bridgehead atoms. The van der Waals surface area contributed by atoms with Crippen LogP contribution in [0.2, 0.25) is 0 Å². The van der Waals surface area contributed by atoms with Gasteiger partial charge in [0, 0.05) is 23.1 Å². The van der Waals surface area contributed by atoms with E-state index in [-0.39, 0.29) is 11.8 Å². The Morgan fingerprint density at radius 2 is 1.32 bits per heavy atom. The monoisotopic (exact) mass is 756 g/mol. The van der Waals surface area contributed by atoms with E-state index in [9.17, 15) is 0 Å². The molecule has 8 aromatic rings. The quantitative estimate of drug-likeness (QED) is 0.148. The highest BCUT2D eigenvalue weighted by molar-refractivity contribution is 6.17. The molecule has 11 rings (SSSR count). The molecule has 0 amide bonds. The number of allylic oxidation sites excluding steroid dienone is 12. The topological polar surface area (TPSA) is 17.8 Å². The molecule has 0 N–H and O–H groups in total. The number of hydrogen-bond donors (Lipinski definition) is 0. The summed E-state index contributed by atoms with van der Waals surface area (Å²) in [4.78, 5) is 5.18. The zero-order valence-corrected chi connectivity index (χ0v) is 33.0. The molecule has 2 unspecified atom stereocenters. The van der Waals surface area contributed by atoms with Crippen LogP contribution in [0.25, 0.3) is 66.1 Å². The summed E-state index contributed by atoms with van der Waals surface area (Å²) in [6, 6.07) is 55.7. The Labute approximate surface area is 346 Å². The fourth-order valence-electron chi connectivity index (χ4n) is 9.86. The van der Waals surface area contributed by atoms with Crippen molar-refractivity contribution < 1.29 is 0 Å². The maximum atomic E-state index is 5.18. The Kier molecular flexibility index (Phi) is 8.97. The molecule has 0 spiro atoms. The first kappa shape index (κ1) is 35.2. The summed E-state index contributed by atoms with van der Waals surface area (Å²) in [5.74, 6) is 1.43. The number of nitrogens with zero attached hydrogens (tertiary/aromatic N) is 2. The zero-order valence-electron chi connectivity index (χ0n) is 33.0. The normalized spacial score (nSPS) is 17.7. The minimum absolute atomic E-state index is 0.208. The third-order valence-electron chi connectivity index (χ3n) is 12.6. The molecule has 282 valence electrons. The zero-order chi connectivity index (χ0) is 39.1. The lowest BCUT2D eigenvalue weighted by atomic mass is 9.75. The van der Waals surface area contributed by atoms with E-state index in [4.69, 9.17) is 4.98 Å². The number of rotatable bonds is 7. The van der Waals surface area contributed by atoms with Crippen molar-refractivity contribution in [1.82, 2.24) is 9.55 Å². The fourth-order valence-corrected chi connectivity index (χ4v) is 9.86. The Balaban J connectivity index is 1.09. The van der Waals surface area contributed by atoms with E-state index >= 15 is 0 Å². The summed E-state index contributed by atoms with van der Waals surface area (Å²) in [6.45, 7) is 0. The molecule has 0 saturated carbocycles. The van der Waals surface area contributed by atoms with Crippen LogP contribution in [0.4, 0.5) is 0 Å². The lowest BCUT2D eigenvalue weighted by Gasteiger charge is -2.28. The van der Waals surface area contributed by atoms with Gasteiger partial charge in [-0.05, 0) is 116 Å². The molecular formula is C57H44N2. The van der Waals surface area contributed by atoms with Crippen LogP contribution in [-0.4, -0.2) is 9.55 Å². The van der Waals surface area contributed by atoms with Crippen LogP contribution in [0.15, 0.2) is 206 Å². The summed E-state index contributed by atoms with van der Waals surface area (Å²) in [5.41, 5.74) is 15.2. The first-order chi connectivity index (χ1) is 29.3. The van der Waals surface area contributed by atoms with Crippen LogP contribution in [0.1, 0.15) is 65.6 Å². The summed E-state index contributed by atoms with van der Waals surface area (Å²) >= 11 is 0. The van der Waals surface area contributed by atoms with E-state index < -0.39 is 0 Å². The number of aromatic nitrogens is 2. The molecule has 0 aliphatic heterocycles. The number of hydrogen-bond acceptors (Lipinski definition) is 1. The summed E-state index contributed by atoms with van der Waals surface area (Å²) < 4.78 is 2.30. The average Bonchev–Trinajstić information content (AvgIpc) is 3.71. The van der Waals surface area contributed by atoms with Crippen LogP contribution in [0.3, 0.4) is 0 Å². The maximum absolute atomic E-state index is 5.18. The first-order valence-electron chi connectivity index (χ1n) is 21.1. The van der Waals surface area contributed by atoms with E-state index in [0.717, 1.165) is 53.8 Å². The van der Waals surface area contributed by atoms with E-state index in [1.54, 1.807) is 0 Å². The first-order valence-corrected chi connectivity index (χ1v) is 21.1. The largest absolute Gasteiger partial charge is 0.292 e. The van der Waals surface area contributed by atoms with Crippen LogP contribution in [-0.2, 0) is 0 Å². The lowest BCUT2D eigenvalue weighted by Crippen LogP contribution is -2.08. The Morgan fingerprint density at radius 3 is 2.14 bits per heavy atom. The van der Waals surface area contributed by atoms with Crippen LogP contribution >= 0.6 is 0 Å². The van der Waals surface area contributed by atoms with Gasteiger partial charge in [0.05, 0.1) is 11.0 Å². The standard InChI is InChI=1S/C57H44N2/c1-4-18-40(19-5-1)45-24-10-12-26-47(45)55-49-28-14-15-29-50(49)56(48-27-13-11-25-46(48)41-20-6-2-7-21-41)52-38-43(36-37-51(52)55)39-32-34-42(35-33-39)57-58-53-30-16-17-31-54(53)59(57)44-22-8-3-9-23-44/h1-4,6-18,20-26,28-32,34-39,48H,5,19,27,33H2. The van der Waals surface area contributed by atoms with Crippen molar-refractivity contribution in [2.45, 2.75) is 37.5 Å². The van der Waals surface area contributed by atoms with Crippen molar-refractivity contribution in [3.8, 4) is 16.8 Å². The number of imidazole rings is 1. The van der Waals surface area contributed by atoms with E-state index in [1.807, 2.05) is 0 Å². The van der Waals surface area contributed by atoms with Gasteiger partial charge in [0.15, 0.2) is 0 Å². The average molecular weight is 757 g/mol. The predicted octanol–water partition coefficient (Wildman–Crippen LogP) is 15.0. The molecule has 1 heterocycles. The Hall–Kier alpha value is -7.03. The van der Waals surface area contributed by atoms with Crippen molar-refractivity contribution in [2.24, 2.45) is 0 Å². The molecule has 59 heavy (non-hydrogen) atoms. The van der Waals surface area contributed by atoms with Gasteiger partial charge >= 0.3 is 0 Å². The molecule has 3 aliphatic rings. The van der Waals surface area contributed by atoms with E-state index in [1.165, 1.54) is 66.1 Å². The van der Waals surface area contributed by atoms with Gasteiger partial charge in [-0.2, -0.15) is 0 Å². The second-order valence-corrected chi connectivity index (χ2v) is 16.0. The van der Waals surface area contributed by atoms with Gasteiger partial charge in [-0.3, -0.25) is 4.57 Å². The third kappa shape index (κ3) is 6.24. The van der Waals surface area contributed by atoms with Gasteiger partial charge in [0.2, 0.25) is 0 Å². The van der Waals surface area contributed by atoms with Crippen LogP contribution in [0.5, 0.6) is 0 Å². The number of fused-ring (bicyclic) bond motifs is 3. The van der Waals surface area contributed by atoms with Gasteiger partial charge in [-0.15, -0.1) is 0 Å². The lowest BCUT2D eigenvalue weighted by molar-refractivity contribution is 0.854. The fraction of sp³-hybridized carbons (Fsp3) is 0.105. The molecule has 7 aromatic carbocycles. The summed E-state index contributed by atoms with van der Waals surface area (Å²) in [5, 5.41) is 5.31. The minimum atomic E-state index is 0.208. The van der Waals surface area contributed by atoms with Crippen molar-refractivity contribution in [3.05, 3.63) is 234 Å². The van der Waals surface area contributed by atoms with Crippen molar-refractivity contribution in [3.63, 3.8) is 0 Å². The van der Waals surface area contributed by atoms with Gasteiger partial charge in [0.25, 0.3) is 0 Å². The van der Waals surface area contributed by atoms with Gasteiger partial charge in [0.1, 0.15) is 5.82 Å². The van der Waals surface area contributed by atoms with Crippen LogP contribution in [0, 0.1) is 0 Å². The predicted molar refractivity (Wildman–Crippen MR) is 250 cm³/mol. The molecule has 0 saturated heterocycles. The molecular weight excluding hydrogens is 713 g/mol. The SMILES string of the molecule is C1=CCCC(c2ccccc2-c2c3ccccc3c(C3CC=CC=C3c3ccccc3)c3cc(C4C=CC(c5nc6ccccc6n5-c5ccccc5)=CC4)ccc23)=C1.